The maximum atomic E-state index is 5.54. The molecule has 1 heterocycles. The van der Waals surface area contributed by atoms with Gasteiger partial charge in [0.25, 0.3) is 0 Å². The fourth-order valence-corrected chi connectivity index (χ4v) is 2.05. The number of hydrogen-bond donors (Lipinski definition) is 2. The van der Waals surface area contributed by atoms with Crippen LogP contribution in [0, 0.1) is 0 Å². The molecule has 0 aliphatic heterocycles. The molecule has 0 unspecified atom stereocenters. The lowest BCUT2D eigenvalue weighted by molar-refractivity contribution is 0.203. The van der Waals surface area contributed by atoms with Gasteiger partial charge in [-0.15, -0.1) is 0 Å². The van der Waals surface area contributed by atoms with E-state index < -0.39 is 0 Å². The number of nitrogen functional groups attached to an aromatic ring is 1. The van der Waals surface area contributed by atoms with Crippen LogP contribution in [0.25, 0.3) is 0 Å². The van der Waals surface area contributed by atoms with E-state index in [2.05, 4.69) is 41.1 Å². The molecule has 0 aliphatic carbocycles. The zero-order chi connectivity index (χ0) is 14.3. The number of methoxy groups -OCH3 is 1. The quantitative estimate of drug-likeness (QED) is 0.550. The zero-order valence-corrected chi connectivity index (χ0v) is 12.3. The molecule has 0 bridgehead atoms. The van der Waals surface area contributed by atoms with E-state index in [1.54, 1.807) is 13.4 Å². The lowest BCUT2D eigenvalue weighted by atomic mass is 10.1. The Kier molecular flexibility index (Phi) is 6.52. The van der Waals surface area contributed by atoms with Crippen LogP contribution in [0.15, 0.2) is 6.33 Å². The van der Waals surface area contributed by atoms with Crippen molar-refractivity contribution < 1.29 is 4.74 Å². The second kappa shape index (κ2) is 7.91. The highest BCUT2D eigenvalue weighted by Crippen LogP contribution is 2.25. The first kappa shape index (κ1) is 15.7. The van der Waals surface area contributed by atoms with Crippen molar-refractivity contribution in [1.82, 2.24) is 9.97 Å². The van der Waals surface area contributed by atoms with Crippen molar-refractivity contribution in [3.05, 3.63) is 11.9 Å². The van der Waals surface area contributed by atoms with Crippen LogP contribution in [-0.2, 0) is 11.2 Å². The summed E-state index contributed by atoms with van der Waals surface area (Å²) in [5, 5.41) is 0. The molecule has 0 fully saturated rings. The van der Waals surface area contributed by atoms with Gasteiger partial charge in [-0.2, -0.15) is 0 Å². The summed E-state index contributed by atoms with van der Waals surface area (Å²) in [7, 11) is 1.71. The Hall–Kier alpha value is -1.40. The second-order valence-corrected chi connectivity index (χ2v) is 4.70. The van der Waals surface area contributed by atoms with Crippen LogP contribution in [0.4, 0.5) is 11.6 Å². The van der Waals surface area contributed by atoms with Crippen molar-refractivity contribution >= 4 is 11.6 Å². The van der Waals surface area contributed by atoms with Gasteiger partial charge < -0.3 is 15.1 Å². The Bertz CT molecular complexity index is 383. The number of ether oxygens (including phenoxy) is 1. The molecule has 0 saturated heterocycles. The molecule has 3 N–H and O–H groups in total. The van der Waals surface area contributed by atoms with Gasteiger partial charge in [-0.3, -0.25) is 0 Å². The Morgan fingerprint density at radius 2 is 2.16 bits per heavy atom. The zero-order valence-electron chi connectivity index (χ0n) is 12.3. The van der Waals surface area contributed by atoms with E-state index >= 15 is 0 Å². The van der Waals surface area contributed by atoms with Crippen LogP contribution in [0.1, 0.15) is 32.8 Å². The smallest absolute Gasteiger partial charge is 0.148 e. The molecule has 0 amide bonds. The molecule has 0 radical (unpaired) electrons. The Morgan fingerprint density at radius 3 is 2.68 bits per heavy atom. The van der Waals surface area contributed by atoms with Crippen LogP contribution >= 0.6 is 0 Å². The molecule has 19 heavy (non-hydrogen) atoms. The van der Waals surface area contributed by atoms with E-state index in [1.807, 2.05) is 0 Å². The van der Waals surface area contributed by atoms with Crippen LogP contribution in [0.5, 0.6) is 0 Å². The Morgan fingerprint density at radius 1 is 1.42 bits per heavy atom. The van der Waals surface area contributed by atoms with Gasteiger partial charge in [0.2, 0.25) is 0 Å². The third-order valence-corrected chi connectivity index (χ3v) is 2.99. The van der Waals surface area contributed by atoms with Crippen molar-refractivity contribution in [3.63, 3.8) is 0 Å². The second-order valence-electron chi connectivity index (χ2n) is 4.70. The molecule has 0 atom stereocenters. The minimum absolute atomic E-state index is 0.339. The van der Waals surface area contributed by atoms with Gasteiger partial charge in [-0.05, 0) is 20.3 Å². The maximum Gasteiger partial charge on any atom is 0.148 e. The van der Waals surface area contributed by atoms with Crippen LogP contribution < -0.4 is 16.2 Å². The summed E-state index contributed by atoms with van der Waals surface area (Å²) in [6, 6.07) is 0.339. The van der Waals surface area contributed by atoms with E-state index in [4.69, 9.17) is 10.6 Å². The van der Waals surface area contributed by atoms with Crippen LogP contribution in [0.3, 0.4) is 0 Å². The highest BCUT2D eigenvalue weighted by atomic mass is 16.5. The highest BCUT2D eigenvalue weighted by Gasteiger charge is 2.18. The summed E-state index contributed by atoms with van der Waals surface area (Å²) >= 11 is 0. The molecule has 1 aromatic rings. The van der Waals surface area contributed by atoms with Gasteiger partial charge in [0.15, 0.2) is 0 Å². The third kappa shape index (κ3) is 4.04. The fourth-order valence-electron chi connectivity index (χ4n) is 2.05. The normalized spacial score (nSPS) is 10.8. The number of anilines is 2. The van der Waals surface area contributed by atoms with E-state index in [1.165, 1.54) is 0 Å². The maximum absolute atomic E-state index is 5.54. The number of nitrogens with two attached hydrogens (primary N) is 1. The van der Waals surface area contributed by atoms with Gasteiger partial charge >= 0.3 is 0 Å². The number of nitrogens with zero attached hydrogens (tertiary/aromatic N) is 3. The van der Waals surface area contributed by atoms with Gasteiger partial charge in [0, 0.05) is 25.3 Å². The SMILES string of the molecule is CCCc1c(NN)ncnc1N(CCOC)C(C)C. The molecular formula is C13H25N5O. The van der Waals surface area contributed by atoms with Crippen LogP contribution in [-0.4, -0.2) is 36.3 Å². The van der Waals surface area contributed by atoms with E-state index in [0.29, 0.717) is 18.5 Å². The van der Waals surface area contributed by atoms with Gasteiger partial charge in [0.05, 0.1) is 6.61 Å². The fraction of sp³-hybridized carbons (Fsp3) is 0.692. The average Bonchev–Trinajstić information content (AvgIpc) is 2.40. The number of hydrogen-bond acceptors (Lipinski definition) is 6. The Labute approximate surface area is 115 Å². The summed E-state index contributed by atoms with van der Waals surface area (Å²) < 4.78 is 5.17. The van der Waals surface area contributed by atoms with Gasteiger partial charge in [0.1, 0.15) is 18.0 Å². The van der Waals surface area contributed by atoms with E-state index in [0.717, 1.165) is 30.8 Å². The Balaban J connectivity index is 3.12. The van der Waals surface area contributed by atoms with Crippen molar-refractivity contribution in [1.29, 1.82) is 0 Å². The molecule has 6 heteroatoms. The van der Waals surface area contributed by atoms with E-state index in [9.17, 15) is 0 Å². The number of rotatable bonds is 8. The van der Waals surface area contributed by atoms with Crippen molar-refractivity contribution in [2.45, 2.75) is 39.7 Å². The predicted octanol–water partition coefficient (Wildman–Crippen LogP) is 1.58. The predicted molar refractivity (Wildman–Crippen MR) is 78.2 cm³/mol. The summed E-state index contributed by atoms with van der Waals surface area (Å²) in [6.07, 6.45) is 3.46. The lowest BCUT2D eigenvalue weighted by Crippen LogP contribution is -2.35. The largest absolute Gasteiger partial charge is 0.383 e. The summed E-state index contributed by atoms with van der Waals surface area (Å²) in [6.45, 7) is 7.88. The number of hydrazine groups is 1. The number of aromatic nitrogens is 2. The summed E-state index contributed by atoms with van der Waals surface area (Å²) in [5.74, 6) is 7.19. The minimum Gasteiger partial charge on any atom is -0.383 e. The third-order valence-electron chi connectivity index (χ3n) is 2.99. The minimum atomic E-state index is 0.339. The van der Waals surface area contributed by atoms with E-state index in [-0.39, 0.29) is 0 Å². The van der Waals surface area contributed by atoms with Gasteiger partial charge in [-0.1, -0.05) is 13.3 Å². The van der Waals surface area contributed by atoms with Crippen LogP contribution in [0.2, 0.25) is 0 Å². The first-order chi connectivity index (χ1) is 9.15. The standard InChI is InChI=1S/C13H25N5O/c1-5-6-11-12(17-14)15-9-16-13(11)18(10(2)3)7-8-19-4/h9-10H,5-8,14H2,1-4H3,(H,15,16,17). The number of nitrogens with one attached hydrogen (secondary N) is 1. The molecule has 1 aromatic heterocycles. The average molecular weight is 267 g/mol. The van der Waals surface area contributed by atoms with Crippen molar-refractivity contribution in [2.24, 2.45) is 5.84 Å². The molecular weight excluding hydrogens is 242 g/mol. The summed E-state index contributed by atoms with van der Waals surface area (Å²) in [4.78, 5) is 10.9. The molecule has 0 spiro atoms. The lowest BCUT2D eigenvalue weighted by Gasteiger charge is -2.29. The monoisotopic (exact) mass is 267 g/mol. The highest BCUT2D eigenvalue weighted by molar-refractivity contribution is 5.58. The first-order valence-corrected chi connectivity index (χ1v) is 6.71. The first-order valence-electron chi connectivity index (χ1n) is 6.71. The molecule has 0 aliphatic rings. The van der Waals surface area contributed by atoms with Gasteiger partial charge in [-0.25, -0.2) is 15.8 Å². The van der Waals surface area contributed by atoms with Crippen molar-refractivity contribution in [2.75, 3.05) is 30.6 Å². The van der Waals surface area contributed by atoms with Crippen molar-refractivity contribution in [3.8, 4) is 0 Å². The molecule has 0 saturated carbocycles. The topological polar surface area (TPSA) is 76.3 Å². The molecule has 1 rings (SSSR count). The molecule has 108 valence electrons. The summed E-state index contributed by atoms with van der Waals surface area (Å²) in [5.41, 5.74) is 3.73. The molecule has 0 aromatic carbocycles. The molecule has 6 nitrogen and oxygen atoms in total.